The fraction of sp³-hybridized carbons (Fsp3) is 0.500. The lowest BCUT2D eigenvalue weighted by atomic mass is 10.1. The highest BCUT2D eigenvalue weighted by atomic mass is 32.2. The molecule has 0 aliphatic heterocycles. The van der Waals surface area contributed by atoms with Crippen molar-refractivity contribution in [1.82, 2.24) is 9.97 Å². The van der Waals surface area contributed by atoms with Gasteiger partial charge in [-0.15, -0.1) is 0 Å². The highest BCUT2D eigenvalue weighted by molar-refractivity contribution is 7.89. The minimum atomic E-state index is -3.73. The van der Waals surface area contributed by atoms with Gasteiger partial charge in [0, 0.05) is 12.5 Å². The molecule has 2 unspecified atom stereocenters. The van der Waals surface area contributed by atoms with E-state index in [4.69, 9.17) is 10.9 Å². The van der Waals surface area contributed by atoms with Crippen LogP contribution in [0, 0.1) is 5.82 Å². The summed E-state index contributed by atoms with van der Waals surface area (Å²) < 4.78 is 34.9. The smallest absolute Gasteiger partial charge is 0.212 e. The predicted octanol–water partition coefficient (Wildman–Crippen LogP) is -0.665. The summed E-state index contributed by atoms with van der Waals surface area (Å²) in [6.07, 6.45) is 1.92. The van der Waals surface area contributed by atoms with Gasteiger partial charge >= 0.3 is 0 Å². The molecule has 0 saturated carbocycles. The molecule has 0 spiro atoms. The topological polar surface area (TPSA) is 112 Å². The van der Waals surface area contributed by atoms with Crippen molar-refractivity contribution in [3.8, 4) is 0 Å². The first-order valence-electron chi connectivity index (χ1n) is 4.55. The van der Waals surface area contributed by atoms with E-state index in [9.17, 15) is 12.8 Å². The summed E-state index contributed by atoms with van der Waals surface area (Å²) >= 11 is 0. The van der Waals surface area contributed by atoms with E-state index in [1.165, 1.54) is 6.92 Å². The number of halogens is 1. The van der Waals surface area contributed by atoms with Crippen LogP contribution >= 0.6 is 0 Å². The second kappa shape index (κ2) is 4.81. The summed E-state index contributed by atoms with van der Waals surface area (Å²) in [5.41, 5.74) is 5.45. The van der Waals surface area contributed by atoms with Crippen LogP contribution < -0.4 is 10.9 Å². The van der Waals surface area contributed by atoms with E-state index in [1.807, 2.05) is 0 Å². The van der Waals surface area contributed by atoms with Crippen LogP contribution in [0.2, 0.25) is 0 Å². The van der Waals surface area contributed by atoms with E-state index in [0.29, 0.717) is 0 Å². The second-order valence-corrected chi connectivity index (χ2v) is 5.32. The van der Waals surface area contributed by atoms with Crippen molar-refractivity contribution in [2.75, 3.05) is 6.54 Å². The lowest BCUT2D eigenvalue weighted by molar-refractivity contribution is 0.548. The molecule has 8 heteroatoms. The van der Waals surface area contributed by atoms with Crippen molar-refractivity contribution in [3.05, 3.63) is 24.0 Å². The van der Waals surface area contributed by atoms with Crippen molar-refractivity contribution < 1.29 is 12.8 Å². The molecule has 0 saturated heterocycles. The van der Waals surface area contributed by atoms with Crippen LogP contribution in [0.5, 0.6) is 0 Å². The number of sulfonamides is 1. The van der Waals surface area contributed by atoms with Gasteiger partial charge in [-0.3, -0.25) is 0 Å². The predicted molar refractivity (Wildman–Crippen MR) is 56.4 cm³/mol. The van der Waals surface area contributed by atoms with Crippen LogP contribution in [0.25, 0.3) is 0 Å². The van der Waals surface area contributed by atoms with Gasteiger partial charge in [-0.25, -0.2) is 27.9 Å². The maximum atomic E-state index is 12.6. The van der Waals surface area contributed by atoms with Crippen molar-refractivity contribution in [1.29, 1.82) is 0 Å². The molecule has 0 bridgehead atoms. The van der Waals surface area contributed by atoms with Gasteiger partial charge in [-0.05, 0) is 6.92 Å². The second-order valence-electron chi connectivity index (χ2n) is 3.40. The zero-order valence-electron chi connectivity index (χ0n) is 8.67. The van der Waals surface area contributed by atoms with E-state index in [0.717, 1.165) is 12.4 Å². The van der Waals surface area contributed by atoms with Crippen molar-refractivity contribution in [2.45, 2.75) is 18.1 Å². The van der Waals surface area contributed by atoms with Crippen LogP contribution in [-0.4, -0.2) is 30.2 Å². The molecule has 0 amide bonds. The molecule has 0 fully saturated rings. The first kappa shape index (κ1) is 12.9. The number of primary sulfonamides is 1. The molecule has 0 radical (unpaired) electrons. The Labute approximate surface area is 92.9 Å². The number of hydrogen-bond acceptors (Lipinski definition) is 5. The van der Waals surface area contributed by atoms with E-state index in [-0.39, 0.29) is 12.4 Å². The highest BCUT2D eigenvalue weighted by Crippen LogP contribution is 2.18. The van der Waals surface area contributed by atoms with E-state index < -0.39 is 27.0 Å². The Morgan fingerprint density at radius 1 is 1.44 bits per heavy atom. The summed E-state index contributed by atoms with van der Waals surface area (Å²) in [6, 6.07) is 0. The zero-order chi connectivity index (χ0) is 12.3. The third-order valence-electron chi connectivity index (χ3n) is 2.31. The average Bonchev–Trinajstić information content (AvgIpc) is 2.20. The average molecular weight is 248 g/mol. The van der Waals surface area contributed by atoms with Gasteiger partial charge in [-0.2, -0.15) is 0 Å². The van der Waals surface area contributed by atoms with Gasteiger partial charge in [0.2, 0.25) is 10.0 Å². The molecular weight excluding hydrogens is 235 g/mol. The van der Waals surface area contributed by atoms with Crippen LogP contribution in [-0.2, 0) is 10.0 Å². The van der Waals surface area contributed by atoms with E-state index in [1.54, 1.807) is 0 Å². The Hall–Kier alpha value is -1.12. The quantitative estimate of drug-likeness (QED) is 0.734. The van der Waals surface area contributed by atoms with Gasteiger partial charge in [-0.1, -0.05) is 0 Å². The lowest BCUT2D eigenvalue weighted by Crippen LogP contribution is -2.36. The van der Waals surface area contributed by atoms with Crippen LogP contribution in [0.15, 0.2) is 12.4 Å². The maximum absolute atomic E-state index is 12.6. The Morgan fingerprint density at radius 3 is 2.31 bits per heavy atom. The van der Waals surface area contributed by atoms with Gasteiger partial charge in [0.15, 0.2) is 5.82 Å². The molecule has 4 N–H and O–H groups in total. The minimum Gasteiger partial charge on any atom is -0.330 e. The largest absolute Gasteiger partial charge is 0.330 e. The van der Waals surface area contributed by atoms with E-state index >= 15 is 0 Å². The van der Waals surface area contributed by atoms with E-state index in [2.05, 4.69) is 9.97 Å². The summed E-state index contributed by atoms with van der Waals surface area (Å²) in [4.78, 5) is 7.40. The summed E-state index contributed by atoms with van der Waals surface area (Å²) in [7, 11) is -3.73. The van der Waals surface area contributed by atoms with Crippen molar-refractivity contribution in [2.24, 2.45) is 10.9 Å². The summed E-state index contributed by atoms with van der Waals surface area (Å²) in [5, 5.41) is 4.10. The number of hydrogen-bond donors (Lipinski definition) is 2. The number of aromatic nitrogens is 2. The molecule has 1 aromatic heterocycles. The van der Waals surface area contributed by atoms with Crippen LogP contribution in [0.1, 0.15) is 18.7 Å². The van der Waals surface area contributed by atoms with Crippen molar-refractivity contribution in [3.63, 3.8) is 0 Å². The Bertz CT molecular complexity index is 448. The molecule has 0 aliphatic rings. The Kier molecular flexibility index (Phi) is 3.89. The first-order valence-corrected chi connectivity index (χ1v) is 6.16. The van der Waals surface area contributed by atoms with Gasteiger partial charge in [0.05, 0.1) is 17.6 Å². The molecule has 2 atom stereocenters. The zero-order valence-corrected chi connectivity index (χ0v) is 9.48. The lowest BCUT2D eigenvalue weighted by Gasteiger charge is -2.18. The molecule has 16 heavy (non-hydrogen) atoms. The fourth-order valence-electron chi connectivity index (χ4n) is 1.25. The van der Waals surface area contributed by atoms with Crippen LogP contribution in [0.4, 0.5) is 4.39 Å². The third kappa shape index (κ3) is 2.94. The highest BCUT2D eigenvalue weighted by Gasteiger charge is 2.28. The van der Waals surface area contributed by atoms with Gasteiger partial charge < -0.3 is 5.73 Å². The summed E-state index contributed by atoms with van der Waals surface area (Å²) in [5.74, 6) is -1.07. The standard InChI is InChI=1S/C8H13FN4O2S/c1-5(16(11,14)15)7(2-10)8-12-3-6(9)4-13-8/h3-5,7H,2,10H2,1H3,(H2,11,14,15). The number of rotatable bonds is 4. The molecule has 1 aromatic rings. The third-order valence-corrected chi connectivity index (χ3v) is 3.68. The molecule has 6 nitrogen and oxygen atoms in total. The monoisotopic (exact) mass is 248 g/mol. The fourth-order valence-corrected chi connectivity index (χ4v) is 1.94. The van der Waals surface area contributed by atoms with Crippen molar-refractivity contribution >= 4 is 10.0 Å². The molecule has 90 valence electrons. The number of nitrogens with zero attached hydrogens (tertiary/aromatic N) is 2. The van der Waals surface area contributed by atoms with Gasteiger partial charge in [0.25, 0.3) is 0 Å². The SMILES string of the molecule is CC(C(CN)c1ncc(F)cn1)S(N)(=O)=O. The normalized spacial score (nSPS) is 15.8. The minimum absolute atomic E-state index is 0.0171. The first-order chi connectivity index (χ1) is 7.36. The molecule has 1 heterocycles. The molecule has 0 aromatic carbocycles. The molecule has 1 rings (SSSR count). The maximum Gasteiger partial charge on any atom is 0.212 e. The Morgan fingerprint density at radius 2 is 1.94 bits per heavy atom. The van der Waals surface area contributed by atoms with Gasteiger partial charge in [0.1, 0.15) is 5.82 Å². The summed E-state index contributed by atoms with van der Waals surface area (Å²) in [6.45, 7) is 1.43. The number of nitrogens with two attached hydrogens (primary N) is 2. The molecule has 0 aliphatic carbocycles. The Balaban J connectivity index is 3.03. The van der Waals surface area contributed by atoms with Crippen LogP contribution in [0.3, 0.4) is 0 Å². The molecular formula is C8H13FN4O2S.